The smallest absolute Gasteiger partial charge is 0.251 e. The van der Waals surface area contributed by atoms with Crippen molar-refractivity contribution in [3.63, 3.8) is 0 Å². The van der Waals surface area contributed by atoms with Crippen LogP contribution in [0.3, 0.4) is 0 Å². The number of nitrogens with one attached hydrogen (secondary N) is 2. The lowest BCUT2D eigenvalue weighted by molar-refractivity contribution is 0.0956. The highest BCUT2D eigenvalue weighted by molar-refractivity contribution is 6.06. The average molecular weight is 278 g/mol. The number of hydrogen-bond acceptors (Lipinski definition) is 1. The van der Waals surface area contributed by atoms with Gasteiger partial charge < -0.3 is 10.3 Å². The highest BCUT2D eigenvalue weighted by Crippen LogP contribution is 2.17. The molecular weight excluding hydrogens is 260 g/mol. The molecule has 1 aromatic heterocycles. The van der Waals surface area contributed by atoms with Crippen molar-refractivity contribution in [2.75, 3.05) is 6.54 Å². The predicted octanol–water partition coefficient (Wildman–Crippen LogP) is 3.45. The lowest BCUT2D eigenvalue weighted by Gasteiger charge is -2.07. The molecule has 0 aliphatic heterocycles. The number of amides is 1. The molecule has 1 heterocycles. The Hall–Kier alpha value is -2.55. The average Bonchev–Trinajstić information content (AvgIpc) is 2.95. The number of carbonyl (C=O) groups is 1. The van der Waals surface area contributed by atoms with Gasteiger partial charge in [0.25, 0.3) is 5.91 Å². The van der Waals surface area contributed by atoms with Gasteiger partial charge in [0, 0.05) is 29.2 Å². The van der Waals surface area contributed by atoms with Gasteiger partial charge in [-0.25, -0.2) is 0 Å². The van der Waals surface area contributed by atoms with E-state index >= 15 is 0 Å². The van der Waals surface area contributed by atoms with Crippen molar-refractivity contribution in [2.45, 2.75) is 13.3 Å². The lowest BCUT2D eigenvalue weighted by Crippen LogP contribution is -2.25. The van der Waals surface area contributed by atoms with E-state index in [2.05, 4.69) is 35.4 Å². The third-order valence-electron chi connectivity index (χ3n) is 3.62. The molecule has 3 heteroatoms. The summed E-state index contributed by atoms with van der Waals surface area (Å²) in [6.45, 7) is 2.72. The number of aromatic nitrogens is 1. The molecule has 0 aliphatic rings. The summed E-state index contributed by atoms with van der Waals surface area (Å²) in [5, 5.41) is 3.96. The monoisotopic (exact) mass is 278 g/mol. The summed E-state index contributed by atoms with van der Waals surface area (Å²) in [5.74, 6) is -0.0205. The van der Waals surface area contributed by atoms with Gasteiger partial charge >= 0.3 is 0 Å². The van der Waals surface area contributed by atoms with Crippen LogP contribution in [0.15, 0.2) is 54.7 Å². The maximum atomic E-state index is 12.3. The predicted molar refractivity (Wildman–Crippen MR) is 85.5 cm³/mol. The molecule has 0 spiro atoms. The van der Waals surface area contributed by atoms with E-state index in [1.54, 1.807) is 0 Å². The van der Waals surface area contributed by atoms with Crippen LogP contribution in [0.5, 0.6) is 0 Å². The molecule has 2 N–H and O–H groups in total. The van der Waals surface area contributed by atoms with Gasteiger partial charge in [-0.3, -0.25) is 4.79 Å². The molecule has 106 valence electrons. The lowest BCUT2D eigenvalue weighted by atomic mass is 10.1. The van der Waals surface area contributed by atoms with Crippen molar-refractivity contribution in [3.05, 3.63) is 71.4 Å². The van der Waals surface area contributed by atoms with Crippen LogP contribution in [-0.2, 0) is 6.42 Å². The van der Waals surface area contributed by atoms with Gasteiger partial charge in [0.1, 0.15) is 0 Å². The molecule has 1 amide bonds. The van der Waals surface area contributed by atoms with Gasteiger partial charge in [-0.1, -0.05) is 35.9 Å². The van der Waals surface area contributed by atoms with Crippen LogP contribution < -0.4 is 5.32 Å². The van der Waals surface area contributed by atoms with E-state index < -0.39 is 0 Å². The van der Waals surface area contributed by atoms with E-state index in [4.69, 9.17) is 0 Å². The Balaban J connectivity index is 1.65. The van der Waals surface area contributed by atoms with E-state index in [-0.39, 0.29) is 5.91 Å². The zero-order chi connectivity index (χ0) is 14.7. The Kier molecular flexibility index (Phi) is 3.73. The second kappa shape index (κ2) is 5.83. The highest BCUT2D eigenvalue weighted by Gasteiger charge is 2.09. The molecule has 0 unspecified atom stereocenters. The minimum atomic E-state index is -0.0205. The Labute approximate surface area is 124 Å². The number of carbonyl (C=O) groups excluding carboxylic acids is 1. The summed E-state index contributed by atoms with van der Waals surface area (Å²) in [7, 11) is 0. The van der Waals surface area contributed by atoms with Crippen LogP contribution in [0.2, 0.25) is 0 Å². The molecule has 0 radical (unpaired) electrons. The largest absolute Gasteiger partial charge is 0.361 e. The van der Waals surface area contributed by atoms with E-state index in [1.165, 1.54) is 11.1 Å². The molecule has 21 heavy (non-hydrogen) atoms. The van der Waals surface area contributed by atoms with Crippen molar-refractivity contribution in [3.8, 4) is 0 Å². The van der Waals surface area contributed by atoms with Gasteiger partial charge in [-0.15, -0.1) is 0 Å². The topological polar surface area (TPSA) is 44.9 Å². The van der Waals surface area contributed by atoms with E-state index in [0.717, 1.165) is 22.9 Å². The van der Waals surface area contributed by atoms with Crippen molar-refractivity contribution >= 4 is 16.8 Å². The summed E-state index contributed by atoms with van der Waals surface area (Å²) >= 11 is 0. The first kappa shape index (κ1) is 13.4. The van der Waals surface area contributed by atoms with Gasteiger partial charge in [-0.05, 0) is 37.1 Å². The summed E-state index contributed by atoms with van der Waals surface area (Å²) in [5.41, 5.74) is 4.20. The highest BCUT2D eigenvalue weighted by atomic mass is 16.1. The van der Waals surface area contributed by atoms with E-state index in [9.17, 15) is 4.79 Å². The molecule has 2 aromatic carbocycles. The van der Waals surface area contributed by atoms with Crippen molar-refractivity contribution < 1.29 is 4.79 Å². The number of fused-ring (bicyclic) bond motifs is 1. The van der Waals surface area contributed by atoms with E-state index in [0.29, 0.717) is 6.54 Å². The number of rotatable bonds is 4. The zero-order valence-corrected chi connectivity index (χ0v) is 12.0. The molecule has 0 bridgehead atoms. The Morgan fingerprint density at radius 2 is 2.00 bits per heavy atom. The third-order valence-corrected chi connectivity index (χ3v) is 3.62. The van der Waals surface area contributed by atoms with Crippen molar-refractivity contribution in [1.29, 1.82) is 0 Å². The molecular formula is C18H18N2O. The first-order valence-electron chi connectivity index (χ1n) is 7.14. The minimum absolute atomic E-state index is 0.0205. The molecule has 0 saturated carbocycles. The van der Waals surface area contributed by atoms with Gasteiger partial charge in [-0.2, -0.15) is 0 Å². The summed E-state index contributed by atoms with van der Waals surface area (Å²) in [4.78, 5) is 15.4. The van der Waals surface area contributed by atoms with Gasteiger partial charge in [0.05, 0.1) is 0 Å². The number of H-pyrrole nitrogens is 1. The number of aryl methyl sites for hydroxylation is 1. The first-order valence-corrected chi connectivity index (χ1v) is 7.14. The molecule has 0 aliphatic carbocycles. The van der Waals surface area contributed by atoms with Crippen LogP contribution in [-0.4, -0.2) is 17.4 Å². The standard InChI is InChI=1S/C18H18N2O/c1-13-4-2-5-14(12-13)8-10-20-18(21)16-6-3-7-17-15(16)9-11-19-17/h2-7,9,11-12,19H,8,10H2,1H3,(H,20,21). The second-order valence-corrected chi connectivity index (χ2v) is 5.24. The maximum absolute atomic E-state index is 12.3. The summed E-state index contributed by atoms with van der Waals surface area (Å²) < 4.78 is 0. The Bertz CT molecular complexity index is 773. The number of hydrogen-bond donors (Lipinski definition) is 2. The van der Waals surface area contributed by atoms with Crippen LogP contribution in [0.4, 0.5) is 0 Å². The fraction of sp³-hybridized carbons (Fsp3) is 0.167. The molecule has 3 nitrogen and oxygen atoms in total. The fourth-order valence-corrected chi connectivity index (χ4v) is 2.57. The van der Waals surface area contributed by atoms with Gasteiger partial charge in [0.2, 0.25) is 0 Å². The summed E-state index contributed by atoms with van der Waals surface area (Å²) in [6.07, 6.45) is 2.70. The maximum Gasteiger partial charge on any atom is 0.251 e. The number of aromatic amines is 1. The van der Waals surface area contributed by atoms with Crippen LogP contribution in [0.1, 0.15) is 21.5 Å². The fourth-order valence-electron chi connectivity index (χ4n) is 2.57. The quantitative estimate of drug-likeness (QED) is 0.754. The molecule has 3 rings (SSSR count). The SMILES string of the molecule is Cc1cccc(CCNC(=O)c2cccc3[nH]ccc23)c1. The Morgan fingerprint density at radius 1 is 1.14 bits per heavy atom. The third kappa shape index (κ3) is 2.97. The summed E-state index contributed by atoms with van der Waals surface area (Å²) in [6, 6.07) is 16.0. The van der Waals surface area contributed by atoms with Gasteiger partial charge in [0.15, 0.2) is 0 Å². The number of benzene rings is 2. The minimum Gasteiger partial charge on any atom is -0.361 e. The van der Waals surface area contributed by atoms with Crippen LogP contribution in [0, 0.1) is 6.92 Å². The normalized spacial score (nSPS) is 10.7. The van der Waals surface area contributed by atoms with Crippen LogP contribution >= 0.6 is 0 Å². The van der Waals surface area contributed by atoms with Crippen molar-refractivity contribution in [2.24, 2.45) is 0 Å². The first-order chi connectivity index (χ1) is 10.2. The second-order valence-electron chi connectivity index (χ2n) is 5.24. The van der Waals surface area contributed by atoms with Crippen LogP contribution in [0.25, 0.3) is 10.9 Å². The molecule has 0 saturated heterocycles. The molecule has 0 fully saturated rings. The van der Waals surface area contributed by atoms with E-state index in [1.807, 2.05) is 36.5 Å². The van der Waals surface area contributed by atoms with Crippen molar-refractivity contribution in [1.82, 2.24) is 10.3 Å². The zero-order valence-electron chi connectivity index (χ0n) is 12.0. The molecule has 3 aromatic rings. The molecule has 0 atom stereocenters. The Morgan fingerprint density at radius 3 is 2.86 bits per heavy atom.